The van der Waals surface area contributed by atoms with Gasteiger partial charge in [0.25, 0.3) is 0 Å². The highest BCUT2D eigenvalue weighted by atomic mass is 16.3. The molecule has 84 valence electrons. The molecule has 0 saturated heterocycles. The molecule has 4 nitrogen and oxygen atoms in total. The van der Waals surface area contributed by atoms with Gasteiger partial charge in [-0.1, -0.05) is 0 Å². The third-order valence-corrected chi connectivity index (χ3v) is 2.64. The maximum absolute atomic E-state index is 11.3. The molecule has 0 aliphatic rings. The molecule has 1 N–H and O–H groups in total. The molecule has 0 unspecified atom stereocenters. The van der Waals surface area contributed by atoms with E-state index in [9.17, 15) is 4.79 Å². The second-order valence-corrected chi connectivity index (χ2v) is 3.85. The molecule has 0 spiro atoms. The standard InChI is InChI=1S/C13H10N2O2/c1-8(16)9-4-5-10-11(7-9)15-13(14-10)12-3-2-6-17-12/h2-7H,1H3,(H,14,15). The van der Waals surface area contributed by atoms with E-state index < -0.39 is 0 Å². The summed E-state index contributed by atoms with van der Waals surface area (Å²) in [5, 5.41) is 0. The van der Waals surface area contributed by atoms with Crippen LogP contribution in [0.15, 0.2) is 41.0 Å². The number of nitrogens with one attached hydrogen (secondary N) is 1. The van der Waals surface area contributed by atoms with Crippen molar-refractivity contribution >= 4 is 16.8 Å². The second kappa shape index (κ2) is 3.59. The molecule has 1 aromatic carbocycles. The SMILES string of the molecule is CC(=O)c1ccc2nc(-c3ccco3)[nH]c2c1. The van der Waals surface area contributed by atoms with Gasteiger partial charge in [0.1, 0.15) is 0 Å². The first-order valence-corrected chi connectivity index (χ1v) is 5.28. The molecule has 0 bridgehead atoms. The Morgan fingerprint density at radius 1 is 1.35 bits per heavy atom. The van der Waals surface area contributed by atoms with Crippen LogP contribution >= 0.6 is 0 Å². The Bertz CT molecular complexity index is 681. The fourth-order valence-corrected chi connectivity index (χ4v) is 1.76. The summed E-state index contributed by atoms with van der Waals surface area (Å²) in [6.07, 6.45) is 1.60. The van der Waals surface area contributed by atoms with Crippen LogP contribution in [0.5, 0.6) is 0 Å². The molecule has 2 heterocycles. The Morgan fingerprint density at radius 2 is 2.24 bits per heavy atom. The van der Waals surface area contributed by atoms with Crippen LogP contribution in [0.1, 0.15) is 17.3 Å². The van der Waals surface area contributed by atoms with E-state index in [4.69, 9.17) is 4.42 Å². The first-order chi connectivity index (χ1) is 8.24. The van der Waals surface area contributed by atoms with Gasteiger partial charge in [-0.3, -0.25) is 4.79 Å². The minimum atomic E-state index is 0.0426. The lowest BCUT2D eigenvalue weighted by molar-refractivity contribution is 0.101. The highest BCUT2D eigenvalue weighted by Gasteiger charge is 2.08. The number of H-pyrrole nitrogens is 1. The number of imidazole rings is 1. The molecule has 3 aromatic rings. The highest BCUT2D eigenvalue weighted by Crippen LogP contribution is 2.21. The van der Waals surface area contributed by atoms with Gasteiger partial charge in [-0.25, -0.2) is 4.98 Å². The molecule has 0 radical (unpaired) electrons. The third-order valence-electron chi connectivity index (χ3n) is 2.64. The molecule has 17 heavy (non-hydrogen) atoms. The van der Waals surface area contributed by atoms with Crippen molar-refractivity contribution < 1.29 is 9.21 Å². The number of nitrogens with zero attached hydrogens (tertiary/aromatic N) is 1. The maximum Gasteiger partial charge on any atom is 0.174 e. The van der Waals surface area contributed by atoms with Crippen LogP contribution in [0.4, 0.5) is 0 Å². The number of rotatable bonds is 2. The van der Waals surface area contributed by atoms with Gasteiger partial charge in [-0.2, -0.15) is 0 Å². The molecule has 2 aromatic heterocycles. The molecule has 0 atom stereocenters. The van der Waals surface area contributed by atoms with E-state index >= 15 is 0 Å². The van der Waals surface area contributed by atoms with Crippen LogP contribution in [0.25, 0.3) is 22.6 Å². The number of hydrogen-bond donors (Lipinski definition) is 1. The van der Waals surface area contributed by atoms with Crippen molar-refractivity contribution in [1.82, 2.24) is 9.97 Å². The average molecular weight is 226 g/mol. The van der Waals surface area contributed by atoms with Gasteiger partial charge in [-0.05, 0) is 37.3 Å². The fraction of sp³-hybridized carbons (Fsp3) is 0.0769. The second-order valence-electron chi connectivity index (χ2n) is 3.85. The van der Waals surface area contributed by atoms with Gasteiger partial charge in [0.2, 0.25) is 0 Å². The number of fused-ring (bicyclic) bond motifs is 1. The van der Waals surface area contributed by atoms with Gasteiger partial charge in [0.05, 0.1) is 17.3 Å². The van der Waals surface area contributed by atoms with E-state index in [1.165, 1.54) is 0 Å². The quantitative estimate of drug-likeness (QED) is 0.683. The van der Waals surface area contributed by atoms with Crippen molar-refractivity contribution in [2.45, 2.75) is 6.92 Å². The zero-order valence-electron chi connectivity index (χ0n) is 9.23. The topological polar surface area (TPSA) is 58.9 Å². The molecule has 0 aliphatic heterocycles. The molecule has 3 rings (SSSR count). The maximum atomic E-state index is 11.3. The summed E-state index contributed by atoms with van der Waals surface area (Å²) in [5.74, 6) is 1.40. The van der Waals surface area contributed by atoms with E-state index in [0.29, 0.717) is 17.1 Å². The molecular weight excluding hydrogens is 216 g/mol. The summed E-state index contributed by atoms with van der Waals surface area (Å²) < 4.78 is 5.27. The summed E-state index contributed by atoms with van der Waals surface area (Å²) in [5.41, 5.74) is 2.33. The molecule has 0 fully saturated rings. The Labute approximate surface area is 97.3 Å². The van der Waals surface area contributed by atoms with E-state index in [1.807, 2.05) is 18.2 Å². The zero-order chi connectivity index (χ0) is 11.8. The number of carbonyl (C=O) groups excluding carboxylic acids is 1. The highest BCUT2D eigenvalue weighted by molar-refractivity contribution is 5.97. The van der Waals surface area contributed by atoms with Crippen LogP contribution in [0.2, 0.25) is 0 Å². The van der Waals surface area contributed by atoms with E-state index in [1.54, 1.807) is 25.3 Å². The Balaban J connectivity index is 2.16. The summed E-state index contributed by atoms with van der Waals surface area (Å²) >= 11 is 0. The molecule has 4 heteroatoms. The van der Waals surface area contributed by atoms with Gasteiger partial charge < -0.3 is 9.40 Å². The molecule has 0 amide bonds. The van der Waals surface area contributed by atoms with Crippen molar-refractivity contribution in [2.75, 3.05) is 0 Å². The first kappa shape index (κ1) is 9.84. The minimum Gasteiger partial charge on any atom is -0.461 e. The van der Waals surface area contributed by atoms with Gasteiger partial charge in [0.15, 0.2) is 17.4 Å². The number of aromatic amines is 1. The lowest BCUT2D eigenvalue weighted by Crippen LogP contribution is -1.90. The van der Waals surface area contributed by atoms with Crippen LogP contribution in [0, 0.1) is 0 Å². The summed E-state index contributed by atoms with van der Waals surface area (Å²) in [6, 6.07) is 9.05. The number of Topliss-reactive ketones (excluding diaryl/α,β-unsaturated/α-hetero) is 1. The van der Waals surface area contributed by atoms with E-state index in [2.05, 4.69) is 9.97 Å². The zero-order valence-corrected chi connectivity index (χ0v) is 9.23. The van der Waals surface area contributed by atoms with Gasteiger partial charge in [-0.15, -0.1) is 0 Å². The lowest BCUT2D eigenvalue weighted by atomic mass is 10.1. The van der Waals surface area contributed by atoms with Crippen LogP contribution in [-0.4, -0.2) is 15.8 Å². The predicted molar refractivity (Wildman–Crippen MR) is 63.8 cm³/mol. The fourth-order valence-electron chi connectivity index (χ4n) is 1.76. The Kier molecular flexibility index (Phi) is 2.08. The van der Waals surface area contributed by atoms with Crippen molar-refractivity contribution in [3.63, 3.8) is 0 Å². The lowest BCUT2D eigenvalue weighted by Gasteiger charge is -1.93. The van der Waals surface area contributed by atoms with Crippen molar-refractivity contribution in [3.8, 4) is 11.6 Å². The van der Waals surface area contributed by atoms with Crippen molar-refractivity contribution in [1.29, 1.82) is 0 Å². The van der Waals surface area contributed by atoms with E-state index in [-0.39, 0.29) is 5.78 Å². The van der Waals surface area contributed by atoms with Gasteiger partial charge >= 0.3 is 0 Å². The molecular formula is C13H10N2O2. The summed E-state index contributed by atoms with van der Waals surface area (Å²) in [7, 11) is 0. The van der Waals surface area contributed by atoms with E-state index in [0.717, 1.165) is 11.0 Å². The third kappa shape index (κ3) is 1.63. The van der Waals surface area contributed by atoms with Gasteiger partial charge in [0, 0.05) is 5.56 Å². The van der Waals surface area contributed by atoms with Crippen LogP contribution in [-0.2, 0) is 0 Å². The number of benzene rings is 1. The number of carbonyl (C=O) groups is 1. The molecule has 0 saturated carbocycles. The number of ketones is 1. The average Bonchev–Trinajstić information content (AvgIpc) is 2.96. The summed E-state index contributed by atoms with van der Waals surface area (Å²) in [4.78, 5) is 18.8. The van der Waals surface area contributed by atoms with Crippen LogP contribution in [0.3, 0.4) is 0 Å². The molecule has 0 aliphatic carbocycles. The normalized spacial score (nSPS) is 10.9. The Morgan fingerprint density at radius 3 is 2.94 bits per heavy atom. The smallest absolute Gasteiger partial charge is 0.174 e. The first-order valence-electron chi connectivity index (χ1n) is 5.28. The monoisotopic (exact) mass is 226 g/mol. The van der Waals surface area contributed by atoms with Crippen LogP contribution < -0.4 is 0 Å². The number of aromatic nitrogens is 2. The van der Waals surface area contributed by atoms with Crippen molar-refractivity contribution in [2.24, 2.45) is 0 Å². The van der Waals surface area contributed by atoms with Crippen molar-refractivity contribution in [3.05, 3.63) is 42.2 Å². The largest absolute Gasteiger partial charge is 0.461 e. The minimum absolute atomic E-state index is 0.0426. The number of furan rings is 1. The predicted octanol–water partition coefficient (Wildman–Crippen LogP) is 3.03. The Hall–Kier alpha value is -2.36. The summed E-state index contributed by atoms with van der Waals surface area (Å²) in [6.45, 7) is 1.55. The number of hydrogen-bond acceptors (Lipinski definition) is 3.